The Labute approximate surface area is 114 Å². The van der Waals surface area contributed by atoms with Crippen LogP contribution in [0.5, 0.6) is 0 Å². The minimum Gasteiger partial charge on any atom is -0.481 e. The van der Waals surface area contributed by atoms with Crippen molar-refractivity contribution in [2.75, 3.05) is 6.54 Å². The Bertz CT molecular complexity index is 349. The molecule has 1 atom stereocenters. The maximum Gasteiger partial charge on any atom is 0.315 e. The molecule has 0 bridgehead atoms. The van der Waals surface area contributed by atoms with E-state index in [0.29, 0.717) is 12.5 Å². The van der Waals surface area contributed by atoms with Gasteiger partial charge in [-0.1, -0.05) is 12.8 Å². The average Bonchev–Trinajstić information content (AvgIpc) is 2.18. The third-order valence-corrected chi connectivity index (χ3v) is 4.78. The molecule has 0 aromatic heterocycles. The molecular formula is C14H24N2O3. The SMILES string of the molecule is CC(NC(=O)NCC1(CC(=O)O)CCC1)C1CCC1. The van der Waals surface area contributed by atoms with Crippen LogP contribution >= 0.6 is 0 Å². The first-order chi connectivity index (χ1) is 9.01. The van der Waals surface area contributed by atoms with Gasteiger partial charge in [-0.25, -0.2) is 4.79 Å². The molecule has 2 fully saturated rings. The van der Waals surface area contributed by atoms with Crippen molar-refractivity contribution >= 4 is 12.0 Å². The predicted octanol–water partition coefficient (Wildman–Crippen LogP) is 2.12. The van der Waals surface area contributed by atoms with Gasteiger partial charge in [-0.05, 0) is 43.9 Å². The molecule has 2 rings (SSSR count). The summed E-state index contributed by atoms with van der Waals surface area (Å²) >= 11 is 0. The molecule has 1 unspecified atom stereocenters. The normalized spacial score (nSPS) is 22.8. The van der Waals surface area contributed by atoms with Gasteiger partial charge in [-0.3, -0.25) is 4.79 Å². The van der Waals surface area contributed by atoms with Crippen molar-refractivity contribution in [2.24, 2.45) is 11.3 Å². The predicted molar refractivity (Wildman–Crippen MR) is 71.9 cm³/mol. The highest BCUT2D eigenvalue weighted by Crippen LogP contribution is 2.43. The summed E-state index contributed by atoms with van der Waals surface area (Å²) < 4.78 is 0. The van der Waals surface area contributed by atoms with Crippen LogP contribution in [0, 0.1) is 11.3 Å². The van der Waals surface area contributed by atoms with E-state index in [4.69, 9.17) is 5.11 Å². The van der Waals surface area contributed by atoms with E-state index in [0.717, 1.165) is 19.3 Å². The number of amides is 2. The van der Waals surface area contributed by atoms with Gasteiger partial charge in [0.2, 0.25) is 0 Å². The zero-order chi connectivity index (χ0) is 13.9. The number of hydrogen-bond donors (Lipinski definition) is 3. The standard InChI is InChI=1S/C14H24N2O3/c1-10(11-4-2-5-11)16-13(19)15-9-14(6-3-7-14)8-12(17)18/h10-11H,2-9H2,1H3,(H,17,18)(H2,15,16,19). The topological polar surface area (TPSA) is 78.4 Å². The highest BCUT2D eigenvalue weighted by molar-refractivity contribution is 5.74. The molecule has 0 saturated heterocycles. The number of rotatable bonds is 6. The minimum atomic E-state index is -0.773. The van der Waals surface area contributed by atoms with E-state index in [2.05, 4.69) is 10.6 Å². The van der Waals surface area contributed by atoms with Crippen LogP contribution in [0.1, 0.15) is 51.9 Å². The second kappa shape index (κ2) is 5.80. The number of carboxylic acid groups (broad SMARTS) is 1. The Balaban J connectivity index is 1.71. The first-order valence-corrected chi connectivity index (χ1v) is 7.27. The third-order valence-electron chi connectivity index (χ3n) is 4.78. The van der Waals surface area contributed by atoms with Gasteiger partial charge in [0.1, 0.15) is 0 Å². The summed E-state index contributed by atoms with van der Waals surface area (Å²) in [5, 5.41) is 14.7. The van der Waals surface area contributed by atoms with Crippen molar-refractivity contribution in [2.45, 2.75) is 57.9 Å². The molecule has 5 heteroatoms. The number of carbonyl (C=O) groups excluding carboxylic acids is 1. The van der Waals surface area contributed by atoms with Crippen LogP contribution in [0.15, 0.2) is 0 Å². The van der Waals surface area contributed by atoms with Crippen LogP contribution in [0.3, 0.4) is 0 Å². The molecule has 2 aliphatic rings. The van der Waals surface area contributed by atoms with E-state index in [9.17, 15) is 9.59 Å². The highest BCUT2D eigenvalue weighted by Gasteiger charge is 2.39. The molecule has 0 heterocycles. The molecule has 0 aliphatic heterocycles. The van der Waals surface area contributed by atoms with E-state index in [1.165, 1.54) is 19.3 Å². The quantitative estimate of drug-likeness (QED) is 0.690. The summed E-state index contributed by atoms with van der Waals surface area (Å²) in [6.07, 6.45) is 6.69. The number of carboxylic acids is 1. The summed E-state index contributed by atoms with van der Waals surface area (Å²) in [7, 11) is 0. The van der Waals surface area contributed by atoms with Gasteiger partial charge in [0.15, 0.2) is 0 Å². The van der Waals surface area contributed by atoms with Crippen LogP contribution in [-0.2, 0) is 4.79 Å². The van der Waals surface area contributed by atoms with Crippen molar-refractivity contribution in [1.29, 1.82) is 0 Å². The highest BCUT2D eigenvalue weighted by atomic mass is 16.4. The van der Waals surface area contributed by atoms with Gasteiger partial charge in [0.25, 0.3) is 0 Å². The Morgan fingerprint density at radius 2 is 2.00 bits per heavy atom. The summed E-state index contributed by atoms with van der Waals surface area (Å²) in [6.45, 7) is 2.52. The van der Waals surface area contributed by atoms with Crippen molar-refractivity contribution in [3.05, 3.63) is 0 Å². The Morgan fingerprint density at radius 3 is 2.42 bits per heavy atom. The zero-order valence-corrected chi connectivity index (χ0v) is 11.6. The lowest BCUT2D eigenvalue weighted by Crippen LogP contribution is -2.50. The van der Waals surface area contributed by atoms with Crippen molar-refractivity contribution < 1.29 is 14.7 Å². The van der Waals surface area contributed by atoms with Crippen LogP contribution in [0.2, 0.25) is 0 Å². The molecule has 19 heavy (non-hydrogen) atoms. The maximum atomic E-state index is 11.8. The van der Waals surface area contributed by atoms with Gasteiger partial charge >= 0.3 is 12.0 Å². The summed E-state index contributed by atoms with van der Waals surface area (Å²) in [5.41, 5.74) is -0.205. The Hall–Kier alpha value is -1.26. The summed E-state index contributed by atoms with van der Waals surface area (Å²) in [6, 6.07) is 0.0571. The molecular weight excluding hydrogens is 244 g/mol. The van der Waals surface area contributed by atoms with Gasteiger partial charge in [-0.2, -0.15) is 0 Å². The smallest absolute Gasteiger partial charge is 0.315 e. The van der Waals surface area contributed by atoms with Crippen molar-refractivity contribution in [1.82, 2.24) is 10.6 Å². The summed E-state index contributed by atoms with van der Waals surface area (Å²) in [5.74, 6) is -0.160. The lowest BCUT2D eigenvalue weighted by atomic mass is 9.66. The van der Waals surface area contributed by atoms with E-state index < -0.39 is 5.97 Å². The monoisotopic (exact) mass is 268 g/mol. The number of nitrogens with one attached hydrogen (secondary N) is 2. The first-order valence-electron chi connectivity index (χ1n) is 7.27. The lowest BCUT2D eigenvalue weighted by molar-refractivity contribution is -0.141. The van der Waals surface area contributed by atoms with Crippen LogP contribution in [0.25, 0.3) is 0 Å². The molecule has 2 aliphatic carbocycles. The molecule has 3 N–H and O–H groups in total. The molecule has 0 aromatic carbocycles. The molecule has 2 saturated carbocycles. The van der Waals surface area contributed by atoms with Crippen LogP contribution in [-0.4, -0.2) is 29.7 Å². The maximum absolute atomic E-state index is 11.8. The second-order valence-corrected chi connectivity index (χ2v) is 6.23. The first kappa shape index (κ1) is 14.2. The minimum absolute atomic E-state index is 0.156. The number of carbonyl (C=O) groups is 2. The fourth-order valence-electron chi connectivity index (χ4n) is 3.00. The van der Waals surface area contributed by atoms with Crippen molar-refractivity contribution in [3.8, 4) is 0 Å². The fraction of sp³-hybridized carbons (Fsp3) is 0.857. The average molecular weight is 268 g/mol. The molecule has 5 nitrogen and oxygen atoms in total. The number of hydrogen-bond acceptors (Lipinski definition) is 2. The van der Waals surface area contributed by atoms with Crippen molar-refractivity contribution in [3.63, 3.8) is 0 Å². The van der Waals surface area contributed by atoms with Gasteiger partial charge in [-0.15, -0.1) is 0 Å². The van der Waals surface area contributed by atoms with E-state index in [1.54, 1.807) is 0 Å². The zero-order valence-electron chi connectivity index (χ0n) is 11.6. The largest absolute Gasteiger partial charge is 0.481 e. The molecule has 108 valence electrons. The molecule has 0 spiro atoms. The van der Waals surface area contributed by atoms with Gasteiger partial charge < -0.3 is 15.7 Å². The fourth-order valence-corrected chi connectivity index (χ4v) is 3.00. The second-order valence-electron chi connectivity index (χ2n) is 6.23. The summed E-state index contributed by atoms with van der Waals surface area (Å²) in [4.78, 5) is 22.6. The number of urea groups is 1. The van der Waals surface area contributed by atoms with E-state index >= 15 is 0 Å². The molecule has 0 radical (unpaired) electrons. The molecule has 0 aromatic rings. The Morgan fingerprint density at radius 1 is 1.32 bits per heavy atom. The van der Waals surface area contributed by atoms with Gasteiger partial charge in [0.05, 0.1) is 6.42 Å². The lowest BCUT2D eigenvalue weighted by Gasteiger charge is -2.41. The third kappa shape index (κ3) is 3.61. The van der Waals surface area contributed by atoms with E-state index in [-0.39, 0.29) is 23.9 Å². The van der Waals surface area contributed by atoms with Gasteiger partial charge in [0, 0.05) is 12.6 Å². The molecule has 2 amide bonds. The van der Waals surface area contributed by atoms with Crippen LogP contribution < -0.4 is 10.6 Å². The number of aliphatic carboxylic acids is 1. The van der Waals surface area contributed by atoms with E-state index in [1.807, 2.05) is 6.92 Å². The van der Waals surface area contributed by atoms with Crippen LogP contribution in [0.4, 0.5) is 4.79 Å². The Kier molecular flexibility index (Phi) is 4.32.